The first-order valence-electron chi connectivity index (χ1n) is 15.4. The van der Waals surface area contributed by atoms with Crippen molar-refractivity contribution in [1.82, 2.24) is 4.57 Å². The molecule has 0 bridgehead atoms. The lowest BCUT2D eigenvalue weighted by molar-refractivity contribution is 0.908. The van der Waals surface area contributed by atoms with Crippen molar-refractivity contribution in [3.63, 3.8) is 0 Å². The number of nitrogens with zero attached hydrogens (tertiary/aromatic N) is 2. The Balaban J connectivity index is 1.43. The molecular weight excluding hydrogens is 585 g/mol. The van der Waals surface area contributed by atoms with Gasteiger partial charge in [-0.25, -0.2) is 4.99 Å². The molecule has 45 heavy (non-hydrogen) atoms. The molecule has 4 heteroatoms. The highest BCUT2D eigenvalue weighted by atomic mass is 32.1. The van der Waals surface area contributed by atoms with Crippen LogP contribution in [0, 0.1) is 0 Å². The maximum absolute atomic E-state index is 5.53. The average molecular weight is 617 g/mol. The van der Waals surface area contributed by atoms with E-state index < -0.39 is 0 Å². The first-order chi connectivity index (χ1) is 22.1. The Bertz CT molecular complexity index is 2400. The zero-order valence-corrected chi connectivity index (χ0v) is 27.0. The summed E-state index contributed by atoms with van der Waals surface area (Å²) >= 11 is 3.65. The Hall–Kier alpha value is -4.77. The highest BCUT2D eigenvalue weighted by molar-refractivity contribution is 7.21. The minimum absolute atomic E-state index is 0.981. The molecule has 0 amide bonds. The van der Waals surface area contributed by atoms with Gasteiger partial charge in [0.25, 0.3) is 0 Å². The van der Waals surface area contributed by atoms with Crippen LogP contribution in [0.1, 0.15) is 46.8 Å². The summed E-state index contributed by atoms with van der Waals surface area (Å²) < 4.78 is 5.03. The van der Waals surface area contributed by atoms with E-state index in [1.54, 1.807) is 11.3 Å². The van der Waals surface area contributed by atoms with Crippen LogP contribution in [0.5, 0.6) is 0 Å². The van der Waals surface area contributed by atoms with Gasteiger partial charge in [-0.05, 0) is 56.0 Å². The van der Waals surface area contributed by atoms with Crippen molar-refractivity contribution in [3.05, 3.63) is 142 Å². The predicted molar refractivity (Wildman–Crippen MR) is 201 cm³/mol. The summed E-state index contributed by atoms with van der Waals surface area (Å²) in [7, 11) is 0. The van der Waals surface area contributed by atoms with Crippen molar-refractivity contribution in [2.45, 2.75) is 26.7 Å². The highest BCUT2D eigenvalue weighted by Crippen LogP contribution is 2.46. The molecule has 8 rings (SSSR count). The molecule has 2 nitrogen and oxygen atoms in total. The number of allylic oxidation sites excluding steroid dienone is 4. The van der Waals surface area contributed by atoms with Gasteiger partial charge in [-0.2, -0.15) is 0 Å². The number of benzene rings is 4. The minimum Gasteiger partial charge on any atom is -0.301 e. The summed E-state index contributed by atoms with van der Waals surface area (Å²) in [6.07, 6.45) is 15.2. The highest BCUT2D eigenvalue weighted by Gasteiger charge is 2.25. The normalized spacial score (nSPS) is 13.8. The Morgan fingerprint density at radius 1 is 0.867 bits per heavy atom. The van der Waals surface area contributed by atoms with Gasteiger partial charge in [0.1, 0.15) is 5.84 Å². The van der Waals surface area contributed by atoms with Gasteiger partial charge in [-0.3, -0.25) is 0 Å². The Morgan fingerprint density at radius 2 is 1.62 bits per heavy atom. The first kappa shape index (κ1) is 27.8. The third-order valence-electron chi connectivity index (χ3n) is 8.72. The van der Waals surface area contributed by atoms with E-state index in [-0.39, 0.29) is 0 Å². The van der Waals surface area contributed by atoms with Gasteiger partial charge < -0.3 is 4.57 Å². The standard InChI is InChI=1S/C41H32N2S2/c1-4-5-7-18-29-25-34-37-32-21-12-14-23-35(32)43(39(37)30-19-10-11-20-31(30)41(34)44-29)27(3)42-38-33-22-13-15-24-36(33)45-40(38)26(2)28-16-8-6-9-17-28/h4-13,15-22,24-25H,2,14,23H2,1,3H3/b5-4-,18-7-,42-27?. The molecule has 4 aromatic carbocycles. The molecule has 0 N–H and O–H groups in total. The van der Waals surface area contributed by atoms with E-state index in [0.29, 0.717) is 0 Å². The van der Waals surface area contributed by atoms with Crippen LogP contribution in [-0.4, -0.2) is 10.4 Å². The van der Waals surface area contributed by atoms with Gasteiger partial charge in [-0.15, -0.1) is 22.7 Å². The Morgan fingerprint density at radius 3 is 2.44 bits per heavy atom. The number of fused-ring (bicyclic) bond motifs is 9. The molecule has 7 aromatic rings. The molecule has 0 atom stereocenters. The van der Waals surface area contributed by atoms with Crippen LogP contribution in [0.3, 0.4) is 0 Å². The van der Waals surface area contributed by atoms with Crippen LogP contribution < -0.4 is 0 Å². The van der Waals surface area contributed by atoms with Crippen molar-refractivity contribution in [2.75, 3.05) is 0 Å². The van der Waals surface area contributed by atoms with Crippen molar-refractivity contribution >= 4 is 93.8 Å². The minimum atomic E-state index is 0.981. The summed E-state index contributed by atoms with van der Waals surface area (Å²) in [5, 5.41) is 6.38. The van der Waals surface area contributed by atoms with E-state index in [2.05, 4.69) is 146 Å². The maximum Gasteiger partial charge on any atom is 0.111 e. The molecule has 0 aliphatic heterocycles. The summed E-state index contributed by atoms with van der Waals surface area (Å²) in [4.78, 5) is 7.91. The summed E-state index contributed by atoms with van der Waals surface area (Å²) in [5.41, 5.74) is 7.05. The number of hydrogen-bond donors (Lipinski definition) is 0. The number of rotatable bonds is 5. The van der Waals surface area contributed by atoms with Crippen molar-refractivity contribution in [3.8, 4) is 0 Å². The second-order valence-electron chi connectivity index (χ2n) is 11.5. The lowest BCUT2D eigenvalue weighted by Crippen LogP contribution is -2.12. The Kier molecular flexibility index (Phi) is 6.97. The summed E-state index contributed by atoms with van der Waals surface area (Å²) in [6, 6.07) is 30.3. The molecule has 1 aliphatic rings. The second kappa shape index (κ2) is 11.3. The van der Waals surface area contributed by atoms with Crippen molar-refractivity contribution in [2.24, 2.45) is 4.99 Å². The van der Waals surface area contributed by atoms with E-state index >= 15 is 0 Å². The topological polar surface area (TPSA) is 17.3 Å². The molecule has 1 aliphatic carbocycles. The van der Waals surface area contributed by atoms with Gasteiger partial charge in [0.15, 0.2) is 0 Å². The predicted octanol–water partition coefficient (Wildman–Crippen LogP) is 12.4. The summed E-state index contributed by atoms with van der Waals surface area (Å²) in [6.45, 7) is 8.79. The lowest BCUT2D eigenvalue weighted by atomic mass is 9.98. The van der Waals surface area contributed by atoms with Crippen LogP contribution >= 0.6 is 22.7 Å². The van der Waals surface area contributed by atoms with E-state index in [1.807, 2.05) is 11.3 Å². The van der Waals surface area contributed by atoms with E-state index in [0.717, 1.165) is 40.4 Å². The molecular formula is C41H32N2S2. The van der Waals surface area contributed by atoms with Gasteiger partial charge in [0.2, 0.25) is 0 Å². The van der Waals surface area contributed by atoms with Crippen LogP contribution in [0.15, 0.2) is 121 Å². The fourth-order valence-corrected chi connectivity index (χ4v) is 8.98. The van der Waals surface area contributed by atoms with Gasteiger partial charge in [0, 0.05) is 52.5 Å². The number of aliphatic imine (C=N–C) groups is 1. The third kappa shape index (κ3) is 4.56. The van der Waals surface area contributed by atoms with E-state index in [1.165, 1.54) is 58.0 Å². The van der Waals surface area contributed by atoms with Gasteiger partial charge in [0.05, 0.1) is 16.1 Å². The SMILES string of the molecule is C=C(c1ccccc1)c1sc2ccccc2c1N=C(C)n1c2c(c3c4cc(/C=C\C=C/C)sc4c4ccccc4c31)C=CCC2. The lowest BCUT2D eigenvalue weighted by Gasteiger charge is -2.14. The number of hydrogen-bond acceptors (Lipinski definition) is 3. The van der Waals surface area contributed by atoms with Gasteiger partial charge >= 0.3 is 0 Å². The van der Waals surface area contributed by atoms with Gasteiger partial charge in [-0.1, -0.05) is 110 Å². The molecule has 0 radical (unpaired) electrons. The number of thiophene rings is 2. The molecule has 3 heterocycles. The van der Waals surface area contributed by atoms with Crippen LogP contribution in [0.2, 0.25) is 0 Å². The maximum atomic E-state index is 5.53. The number of aromatic nitrogens is 1. The molecule has 218 valence electrons. The van der Waals surface area contributed by atoms with Crippen molar-refractivity contribution in [1.29, 1.82) is 0 Å². The van der Waals surface area contributed by atoms with Crippen LogP contribution in [0.25, 0.3) is 59.6 Å². The fraction of sp³-hybridized carbons (Fsp3) is 0.0976. The molecule has 0 saturated heterocycles. The first-order valence-corrected chi connectivity index (χ1v) is 17.1. The molecule has 0 fully saturated rings. The van der Waals surface area contributed by atoms with Crippen LogP contribution in [-0.2, 0) is 6.42 Å². The van der Waals surface area contributed by atoms with E-state index in [9.17, 15) is 0 Å². The third-order valence-corrected chi connectivity index (χ3v) is 11.1. The molecule has 0 unspecified atom stereocenters. The quantitative estimate of drug-likeness (QED) is 0.104. The Labute approximate surface area is 271 Å². The monoisotopic (exact) mass is 616 g/mol. The summed E-state index contributed by atoms with van der Waals surface area (Å²) in [5.74, 6) is 0.982. The van der Waals surface area contributed by atoms with E-state index in [4.69, 9.17) is 4.99 Å². The van der Waals surface area contributed by atoms with Crippen molar-refractivity contribution < 1.29 is 0 Å². The fourth-order valence-electron chi connectivity index (χ4n) is 6.73. The molecule has 0 spiro atoms. The zero-order valence-electron chi connectivity index (χ0n) is 25.4. The second-order valence-corrected chi connectivity index (χ2v) is 13.6. The molecule has 0 saturated carbocycles. The smallest absolute Gasteiger partial charge is 0.111 e. The zero-order chi connectivity index (χ0) is 30.5. The average Bonchev–Trinajstić information content (AvgIpc) is 3.77. The molecule has 3 aromatic heterocycles. The largest absolute Gasteiger partial charge is 0.301 e. The van der Waals surface area contributed by atoms with Crippen LogP contribution in [0.4, 0.5) is 5.69 Å².